The fourth-order valence-corrected chi connectivity index (χ4v) is 5.65. The fraction of sp³-hybridized carbons (Fsp3) is 0.200. The van der Waals surface area contributed by atoms with Crippen LogP contribution in [0.3, 0.4) is 0 Å². The van der Waals surface area contributed by atoms with Gasteiger partial charge >= 0.3 is 0 Å². The van der Waals surface area contributed by atoms with Crippen molar-refractivity contribution < 1.29 is 18.7 Å². The minimum absolute atomic E-state index is 0.228. The summed E-state index contributed by atoms with van der Waals surface area (Å²) in [4.78, 5) is 20.5. The number of methoxy groups -OCH3 is 1. The maximum Gasteiger partial charge on any atom is 0.267 e. The number of nitrogens with one attached hydrogen (secondary N) is 1. The number of morpholine rings is 1. The zero-order valence-electron chi connectivity index (χ0n) is 18.4. The molecule has 1 saturated heterocycles. The molecule has 9 heteroatoms. The lowest BCUT2D eigenvalue weighted by molar-refractivity contribution is 0.103. The smallest absolute Gasteiger partial charge is 0.267 e. The van der Waals surface area contributed by atoms with Gasteiger partial charge in [0, 0.05) is 29.6 Å². The van der Waals surface area contributed by atoms with Crippen molar-refractivity contribution in [1.82, 2.24) is 4.98 Å². The number of carbonyl (C=O) groups is 1. The van der Waals surface area contributed by atoms with Gasteiger partial charge < -0.3 is 14.4 Å². The molecule has 4 aromatic rings. The Kier molecular flexibility index (Phi) is 6.57. The van der Waals surface area contributed by atoms with Crippen LogP contribution in [0.2, 0.25) is 0 Å². The van der Waals surface area contributed by atoms with Gasteiger partial charge in [-0.3, -0.25) is 10.1 Å². The Morgan fingerprint density at radius 2 is 1.91 bits per heavy atom. The Balaban J connectivity index is 1.41. The summed E-state index contributed by atoms with van der Waals surface area (Å²) in [6.45, 7) is 2.90. The largest absolute Gasteiger partial charge is 0.496 e. The molecular weight excluding hydrogens is 473 g/mol. The lowest BCUT2D eigenvalue weighted by Gasteiger charge is -2.28. The third-order valence-electron chi connectivity index (χ3n) is 5.48. The first-order valence-corrected chi connectivity index (χ1v) is 12.4. The van der Waals surface area contributed by atoms with E-state index in [2.05, 4.69) is 15.2 Å². The highest BCUT2D eigenvalue weighted by atomic mass is 32.1. The van der Waals surface area contributed by atoms with E-state index in [9.17, 15) is 9.18 Å². The average molecular weight is 496 g/mol. The van der Waals surface area contributed by atoms with E-state index in [-0.39, 0.29) is 11.7 Å². The maximum atomic E-state index is 13.8. The molecule has 0 radical (unpaired) electrons. The zero-order chi connectivity index (χ0) is 23.5. The van der Waals surface area contributed by atoms with Crippen LogP contribution < -0.4 is 15.0 Å². The van der Waals surface area contributed by atoms with Gasteiger partial charge in [-0.05, 0) is 29.8 Å². The first-order chi connectivity index (χ1) is 16.6. The second-order valence-electron chi connectivity index (χ2n) is 7.63. The second-order valence-corrected chi connectivity index (χ2v) is 9.52. The van der Waals surface area contributed by atoms with Gasteiger partial charge in [-0.25, -0.2) is 9.37 Å². The number of halogens is 1. The van der Waals surface area contributed by atoms with Crippen LogP contribution in [0.4, 0.5) is 14.5 Å². The van der Waals surface area contributed by atoms with Crippen molar-refractivity contribution in [1.29, 1.82) is 0 Å². The molecule has 1 aliphatic heterocycles. The average Bonchev–Trinajstić information content (AvgIpc) is 3.53. The minimum Gasteiger partial charge on any atom is -0.496 e. The van der Waals surface area contributed by atoms with Crippen LogP contribution >= 0.6 is 22.7 Å². The van der Waals surface area contributed by atoms with Crippen molar-refractivity contribution in [2.75, 3.05) is 43.6 Å². The zero-order valence-corrected chi connectivity index (χ0v) is 20.0. The quantitative estimate of drug-likeness (QED) is 0.368. The third-order valence-corrected chi connectivity index (χ3v) is 7.43. The molecule has 174 valence electrons. The van der Waals surface area contributed by atoms with Crippen LogP contribution in [-0.4, -0.2) is 44.3 Å². The summed E-state index contributed by atoms with van der Waals surface area (Å²) in [6, 6.07) is 16.3. The number of amides is 1. The van der Waals surface area contributed by atoms with E-state index >= 15 is 0 Å². The lowest BCUT2D eigenvalue weighted by atomic mass is 10.1. The summed E-state index contributed by atoms with van der Waals surface area (Å²) < 4.78 is 24.6. The van der Waals surface area contributed by atoms with Crippen LogP contribution in [0.15, 0.2) is 60.0 Å². The molecule has 6 nitrogen and oxygen atoms in total. The molecule has 1 amide bonds. The van der Waals surface area contributed by atoms with E-state index in [0.717, 1.165) is 29.2 Å². The van der Waals surface area contributed by atoms with Gasteiger partial charge in [0.15, 0.2) is 5.13 Å². The summed E-state index contributed by atoms with van der Waals surface area (Å²) in [6.07, 6.45) is 0. The lowest BCUT2D eigenvalue weighted by Crippen LogP contribution is -2.35. The molecule has 5 rings (SSSR count). The summed E-state index contributed by atoms with van der Waals surface area (Å²) in [5, 5.41) is 6.17. The number of hydrogen-bond donors (Lipinski definition) is 1. The van der Waals surface area contributed by atoms with Crippen LogP contribution in [0.25, 0.3) is 22.4 Å². The van der Waals surface area contributed by atoms with Gasteiger partial charge in [0.05, 0.1) is 35.9 Å². The molecule has 0 saturated carbocycles. The van der Waals surface area contributed by atoms with Gasteiger partial charge in [-0.1, -0.05) is 30.3 Å². The molecular formula is C25H22FN3O3S2. The monoisotopic (exact) mass is 495 g/mol. The van der Waals surface area contributed by atoms with Crippen LogP contribution in [0.5, 0.6) is 5.75 Å². The van der Waals surface area contributed by atoms with Crippen LogP contribution in [-0.2, 0) is 4.74 Å². The van der Waals surface area contributed by atoms with Crippen LogP contribution in [0, 0.1) is 5.82 Å². The maximum absolute atomic E-state index is 13.8. The van der Waals surface area contributed by atoms with Gasteiger partial charge in [0.1, 0.15) is 11.6 Å². The normalized spacial score (nSPS) is 13.6. The van der Waals surface area contributed by atoms with E-state index in [1.165, 1.54) is 41.9 Å². The number of benzene rings is 2. The van der Waals surface area contributed by atoms with E-state index in [1.54, 1.807) is 11.4 Å². The van der Waals surface area contributed by atoms with Gasteiger partial charge in [0.25, 0.3) is 5.91 Å². The highest BCUT2D eigenvalue weighted by molar-refractivity contribution is 7.19. The van der Waals surface area contributed by atoms with Crippen molar-refractivity contribution in [2.24, 2.45) is 0 Å². The number of thiophene rings is 1. The number of thiazole rings is 1. The number of hydrogen-bond acceptors (Lipinski definition) is 7. The van der Waals surface area contributed by atoms with Crippen molar-refractivity contribution >= 4 is 38.7 Å². The first kappa shape index (κ1) is 22.5. The van der Waals surface area contributed by atoms with Gasteiger partial charge in [-0.2, -0.15) is 0 Å². The van der Waals surface area contributed by atoms with E-state index in [4.69, 9.17) is 9.47 Å². The molecule has 0 spiro atoms. The van der Waals surface area contributed by atoms with Gasteiger partial charge in [-0.15, -0.1) is 22.7 Å². The summed E-state index contributed by atoms with van der Waals surface area (Å²) in [5.41, 5.74) is 3.18. The molecule has 2 aromatic heterocycles. The Labute approximate surface area is 204 Å². The summed E-state index contributed by atoms with van der Waals surface area (Å²) in [7, 11) is 1.53. The minimum atomic E-state index is -0.378. The molecule has 1 N–H and O–H groups in total. The highest BCUT2D eigenvalue weighted by Crippen LogP contribution is 2.40. The topological polar surface area (TPSA) is 63.7 Å². The third kappa shape index (κ3) is 4.68. The SMILES string of the molecule is COc1ccc(F)cc1-c1csc(NC(=O)c2cc(-c3ccccc3)c(N3CCOCC3)s2)n1. The van der Waals surface area contributed by atoms with E-state index in [0.29, 0.717) is 40.2 Å². The number of carbonyl (C=O) groups excluding carboxylic acids is 1. The van der Waals surface area contributed by atoms with E-state index in [1.807, 2.05) is 36.4 Å². The highest BCUT2D eigenvalue weighted by Gasteiger charge is 2.22. The Bertz CT molecular complexity index is 1300. The van der Waals surface area contributed by atoms with Crippen LogP contribution in [0.1, 0.15) is 9.67 Å². The summed E-state index contributed by atoms with van der Waals surface area (Å²) >= 11 is 2.75. The second kappa shape index (κ2) is 9.92. The molecule has 1 fully saturated rings. The standard InChI is InChI=1S/C25H22FN3O3S2/c1-31-21-8-7-17(26)13-19(21)20-15-33-25(27-20)28-23(30)22-14-18(16-5-3-2-4-6-16)24(34-22)29-9-11-32-12-10-29/h2-8,13-15H,9-12H2,1H3,(H,27,28,30). The van der Waals surface area contributed by atoms with Crippen molar-refractivity contribution in [3.8, 4) is 28.1 Å². The molecule has 2 aromatic carbocycles. The first-order valence-electron chi connectivity index (χ1n) is 10.7. The van der Waals surface area contributed by atoms with Gasteiger partial charge in [0.2, 0.25) is 0 Å². The van der Waals surface area contributed by atoms with Crippen molar-refractivity contribution in [2.45, 2.75) is 0 Å². The predicted molar refractivity (Wildman–Crippen MR) is 135 cm³/mol. The fourth-order valence-electron chi connectivity index (χ4n) is 3.81. The van der Waals surface area contributed by atoms with Crippen molar-refractivity contribution in [3.05, 3.63) is 70.7 Å². The number of anilines is 2. The molecule has 3 heterocycles. The van der Waals surface area contributed by atoms with E-state index < -0.39 is 0 Å². The molecule has 34 heavy (non-hydrogen) atoms. The molecule has 0 aliphatic carbocycles. The molecule has 0 atom stereocenters. The Morgan fingerprint density at radius 1 is 1.12 bits per heavy atom. The summed E-state index contributed by atoms with van der Waals surface area (Å²) in [5.74, 6) is -0.0867. The Morgan fingerprint density at radius 3 is 2.68 bits per heavy atom. The number of aromatic nitrogens is 1. The number of ether oxygens (including phenoxy) is 2. The van der Waals surface area contributed by atoms with Crippen molar-refractivity contribution in [3.63, 3.8) is 0 Å². The molecule has 0 unspecified atom stereocenters. The number of rotatable bonds is 6. The number of nitrogens with zero attached hydrogens (tertiary/aromatic N) is 2. The molecule has 0 bridgehead atoms. The molecule has 1 aliphatic rings. The Hall–Kier alpha value is -3.27. The predicted octanol–water partition coefficient (Wildman–Crippen LogP) is 5.78.